The van der Waals surface area contributed by atoms with Crippen molar-refractivity contribution in [3.8, 4) is 0 Å². The van der Waals surface area contributed by atoms with Crippen LogP contribution in [0.4, 0.5) is 0 Å². The second-order valence-corrected chi connectivity index (χ2v) is 7.39. The minimum atomic E-state index is -0.00408. The largest absolute Gasteiger partial charge is 0.393 e. The molecule has 0 heterocycles. The van der Waals surface area contributed by atoms with Gasteiger partial charge in [0.05, 0.1) is 6.10 Å². The van der Waals surface area contributed by atoms with Gasteiger partial charge in [-0.2, -0.15) is 0 Å². The summed E-state index contributed by atoms with van der Waals surface area (Å²) in [5.41, 5.74) is 0. The average Bonchev–Trinajstić information content (AvgIpc) is 2.98. The van der Waals surface area contributed by atoms with Gasteiger partial charge in [0.25, 0.3) is 0 Å². The zero-order valence-electron chi connectivity index (χ0n) is 14.8. The van der Waals surface area contributed by atoms with Crippen molar-refractivity contribution in [2.45, 2.75) is 116 Å². The summed E-state index contributed by atoms with van der Waals surface area (Å²) in [6.07, 6.45) is 20.1. The van der Waals surface area contributed by atoms with Gasteiger partial charge in [-0.3, -0.25) is 0 Å². The van der Waals surface area contributed by atoms with Crippen molar-refractivity contribution in [3.63, 3.8) is 0 Å². The first kappa shape index (κ1) is 19.0. The molecule has 0 bridgehead atoms. The molecule has 0 aromatic rings. The molecule has 0 spiro atoms. The second kappa shape index (κ2) is 12.5. The van der Waals surface area contributed by atoms with Crippen LogP contribution in [0.5, 0.6) is 0 Å². The normalized spacial score (nSPS) is 23.6. The molecule has 1 saturated carbocycles. The molecular weight excluding hydrogens is 256 g/mol. The SMILES string of the molecule is CCCCCCCCCCCCC(O)C1CCC(CC)C1. The maximum Gasteiger partial charge on any atom is 0.0568 e. The molecule has 0 saturated heterocycles. The summed E-state index contributed by atoms with van der Waals surface area (Å²) in [5.74, 6) is 1.52. The summed E-state index contributed by atoms with van der Waals surface area (Å²) >= 11 is 0. The van der Waals surface area contributed by atoms with E-state index in [1.54, 1.807) is 0 Å². The molecule has 0 radical (unpaired) electrons. The lowest BCUT2D eigenvalue weighted by molar-refractivity contribution is 0.0966. The third kappa shape index (κ3) is 8.86. The molecule has 1 aliphatic rings. The fourth-order valence-corrected chi connectivity index (χ4v) is 3.91. The lowest BCUT2D eigenvalue weighted by Gasteiger charge is -2.18. The van der Waals surface area contributed by atoms with Gasteiger partial charge >= 0.3 is 0 Å². The van der Waals surface area contributed by atoms with E-state index in [0.29, 0.717) is 5.92 Å². The summed E-state index contributed by atoms with van der Waals surface area (Å²) in [6, 6.07) is 0. The Hall–Kier alpha value is -0.0400. The van der Waals surface area contributed by atoms with Gasteiger partial charge in [-0.15, -0.1) is 0 Å². The topological polar surface area (TPSA) is 20.2 Å². The Morgan fingerprint density at radius 1 is 0.810 bits per heavy atom. The van der Waals surface area contributed by atoms with Gasteiger partial charge in [-0.25, -0.2) is 0 Å². The number of hydrogen-bond acceptors (Lipinski definition) is 1. The van der Waals surface area contributed by atoms with E-state index in [1.807, 2.05) is 0 Å². The molecule has 0 aromatic heterocycles. The third-order valence-electron chi connectivity index (χ3n) is 5.56. The number of hydrogen-bond donors (Lipinski definition) is 1. The van der Waals surface area contributed by atoms with Crippen LogP contribution >= 0.6 is 0 Å². The van der Waals surface area contributed by atoms with E-state index in [2.05, 4.69) is 13.8 Å². The Labute approximate surface area is 133 Å². The molecule has 126 valence electrons. The summed E-state index contributed by atoms with van der Waals surface area (Å²) < 4.78 is 0. The Morgan fingerprint density at radius 2 is 1.38 bits per heavy atom. The molecule has 3 atom stereocenters. The molecule has 1 nitrogen and oxygen atoms in total. The molecule has 1 aliphatic carbocycles. The molecule has 1 rings (SSSR count). The highest BCUT2D eigenvalue weighted by molar-refractivity contribution is 4.79. The molecule has 0 amide bonds. The minimum absolute atomic E-state index is 0.00408. The molecule has 0 aliphatic heterocycles. The van der Waals surface area contributed by atoms with Gasteiger partial charge in [0.1, 0.15) is 0 Å². The van der Waals surface area contributed by atoms with Crippen LogP contribution < -0.4 is 0 Å². The zero-order chi connectivity index (χ0) is 15.3. The first-order valence-electron chi connectivity index (χ1n) is 9.96. The van der Waals surface area contributed by atoms with Gasteiger partial charge in [0, 0.05) is 0 Å². The van der Waals surface area contributed by atoms with E-state index in [9.17, 15) is 5.11 Å². The Morgan fingerprint density at radius 3 is 1.90 bits per heavy atom. The van der Waals surface area contributed by atoms with Crippen molar-refractivity contribution in [2.24, 2.45) is 11.8 Å². The monoisotopic (exact) mass is 296 g/mol. The van der Waals surface area contributed by atoms with Crippen LogP contribution in [0.15, 0.2) is 0 Å². The number of aliphatic hydroxyl groups excluding tert-OH is 1. The standard InChI is InChI=1S/C20H40O/c1-3-5-6-7-8-9-10-11-12-13-14-20(21)19-16-15-18(4-2)17-19/h18-21H,3-17H2,1-2H3. The van der Waals surface area contributed by atoms with Gasteiger partial charge in [0.15, 0.2) is 0 Å². The van der Waals surface area contributed by atoms with E-state index in [4.69, 9.17) is 0 Å². The molecule has 1 heteroatoms. The maximum atomic E-state index is 10.3. The van der Waals surface area contributed by atoms with E-state index in [-0.39, 0.29) is 6.10 Å². The van der Waals surface area contributed by atoms with Gasteiger partial charge in [-0.1, -0.05) is 90.9 Å². The number of rotatable bonds is 13. The van der Waals surface area contributed by atoms with E-state index in [0.717, 1.165) is 12.3 Å². The third-order valence-corrected chi connectivity index (χ3v) is 5.56. The molecule has 0 aromatic carbocycles. The van der Waals surface area contributed by atoms with Crippen LogP contribution in [0, 0.1) is 11.8 Å². The highest BCUT2D eigenvalue weighted by Crippen LogP contribution is 2.36. The summed E-state index contributed by atoms with van der Waals surface area (Å²) in [7, 11) is 0. The maximum absolute atomic E-state index is 10.3. The van der Waals surface area contributed by atoms with Crippen molar-refractivity contribution < 1.29 is 5.11 Å². The van der Waals surface area contributed by atoms with E-state index < -0.39 is 0 Å². The van der Waals surface area contributed by atoms with Crippen molar-refractivity contribution in [1.82, 2.24) is 0 Å². The summed E-state index contributed by atoms with van der Waals surface area (Å²) in [6.45, 7) is 4.57. The van der Waals surface area contributed by atoms with Gasteiger partial charge < -0.3 is 5.11 Å². The zero-order valence-corrected chi connectivity index (χ0v) is 14.8. The minimum Gasteiger partial charge on any atom is -0.393 e. The first-order valence-corrected chi connectivity index (χ1v) is 9.96. The Kier molecular flexibility index (Phi) is 11.3. The molecule has 1 N–H and O–H groups in total. The second-order valence-electron chi connectivity index (χ2n) is 7.39. The van der Waals surface area contributed by atoms with Crippen LogP contribution in [-0.4, -0.2) is 11.2 Å². The van der Waals surface area contributed by atoms with Crippen molar-refractivity contribution in [2.75, 3.05) is 0 Å². The average molecular weight is 297 g/mol. The van der Waals surface area contributed by atoms with Crippen LogP contribution in [0.1, 0.15) is 110 Å². The first-order chi connectivity index (χ1) is 10.3. The van der Waals surface area contributed by atoms with Crippen LogP contribution in [0.25, 0.3) is 0 Å². The van der Waals surface area contributed by atoms with E-state index in [1.165, 1.54) is 89.9 Å². The predicted molar refractivity (Wildman–Crippen MR) is 93.6 cm³/mol. The van der Waals surface area contributed by atoms with Crippen molar-refractivity contribution >= 4 is 0 Å². The molecule has 1 fully saturated rings. The Balaban J connectivity index is 1.85. The van der Waals surface area contributed by atoms with Crippen molar-refractivity contribution in [1.29, 1.82) is 0 Å². The smallest absolute Gasteiger partial charge is 0.0568 e. The van der Waals surface area contributed by atoms with E-state index >= 15 is 0 Å². The summed E-state index contributed by atoms with van der Waals surface area (Å²) in [4.78, 5) is 0. The summed E-state index contributed by atoms with van der Waals surface area (Å²) in [5, 5.41) is 10.3. The predicted octanol–water partition coefficient (Wildman–Crippen LogP) is 6.48. The lowest BCUT2D eigenvalue weighted by atomic mass is 9.94. The molecule has 21 heavy (non-hydrogen) atoms. The van der Waals surface area contributed by atoms with Crippen LogP contribution in [0.2, 0.25) is 0 Å². The fourth-order valence-electron chi connectivity index (χ4n) is 3.91. The highest BCUT2D eigenvalue weighted by Gasteiger charge is 2.28. The fraction of sp³-hybridized carbons (Fsp3) is 1.00. The van der Waals surface area contributed by atoms with Gasteiger partial charge in [-0.05, 0) is 31.1 Å². The quantitative estimate of drug-likeness (QED) is 0.385. The van der Waals surface area contributed by atoms with Crippen molar-refractivity contribution in [3.05, 3.63) is 0 Å². The Bertz CT molecular complexity index is 226. The van der Waals surface area contributed by atoms with Gasteiger partial charge in [0.2, 0.25) is 0 Å². The molecular formula is C20H40O. The highest BCUT2D eigenvalue weighted by atomic mass is 16.3. The molecule has 3 unspecified atom stereocenters. The van der Waals surface area contributed by atoms with Crippen LogP contribution in [0.3, 0.4) is 0 Å². The van der Waals surface area contributed by atoms with Crippen LogP contribution in [-0.2, 0) is 0 Å². The number of aliphatic hydroxyl groups is 1. The lowest BCUT2D eigenvalue weighted by Crippen LogP contribution is -2.17. The number of unbranched alkanes of at least 4 members (excludes halogenated alkanes) is 9.